The SMILES string of the molecule is Cc1ccccc1C[C@@]1(CO)CN(CC(=O)Nc2ccn(C)n2)CCO1. The monoisotopic (exact) mass is 358 g/mol. The van der Waals surface area contributed by atoms with Gasteiger partial charge in [0.05, 0.1) is 19.8 Å². The highest BCUT2D eigenvalue weighted by Crippen LogP contribution is 2.24. The summed E-state index contributed by atoms with van der Waals surface area (Å²) >= 11 is 0. The first-order chi connectivity index (χ1) is 12.5. The Morgan fingerprint density at radius 2 is 2.19 bits per heavy atom. The molecule has 0 saturated carbocycles. The van der Waals surface area contributed by atoms with E-state index in [2.05, 4.69) is 29.5 Å². The van der Waals surface area contributed by atoms with E-state index in [1.165, 1.54) is 5.56 Å². The third kappa shape index (κ3) is 4.49. The molecular weight excluding hydrogens is 332 g/mol. The van der Waals surface area contributed by atoms with E-state index < -0.39 is 5.60 Å². The van der Waals surface area contributed by atoms with Gasteiger partial charge in [0.2, 0.25) is 5.91 Å². The molecule has 1 fully saturated rings. The smallest absolute Gasteiger partial charge is 0.239 e. The van der Waals surface area contributed by atoms with Gasteiger partial charge in [-0.1, -0.05) is 24.3 Å². The van der Waals surface area contributed by atoms with Gasteiger partial charge in [-0.2, -0.15) is 5.10 Å². The Kier molecular flexibility index (Phi) is 5.70. The number of rotatable bonds is 6. The summed E-state index contributed by atoms with van der Waals surface area (Å²) in [6, 6.07) is 9.87. The second kappa shape index (κ2) is 7.99. The van der Waals surface area contributed by atoms with Gasteiger partial charge in [0.1, 0.15) is 5.60 Å². The summed E-state index contributed by atoms with van der Waals surface area (Å²) in [5, 5.41) is 17.0. The maximum Gasteiger partial charge on any atom is 0.239 e. The fraction of sp³-hybridized carbons (Fsp3) is 0.474. The first kappa shape index (κ1) is 18.6. The number of aryl methyl sites for hydroxylation is 2. The van der Waals surface area contributed by atoms with Crippen LogP contribution in [0.2, 0.25) is 0 Å². The van der Waals surface area contributed by atoms with Crippen molar-refractivity contribution < 1.29 is 14.6 Å². The van der Waals surface area contributed by atoms with Gasteiger partial charge >= 0.3 is 0 Å². The van der Waals surface area contributed by atoms with E-state index in [1.54, 1.807) is 24.0 Å². The quantitative estimate of drug-likeness (QED) is 0.805. The van der Waals surface area contributed by atoms with E-state index in [9.17, 15) is 9.90 Å². The third-order valence-electron chi connectivity index (χ3n) is 4.74. The normalized spacial score (nSPS) is 20.9. The molecule has 1 aliphatic rings. The number of aliphatic hydroxyl groups is 1. The van der Waals surface area contributed by atoms with Crippen molar-refractivity contribution in [2.24, 2.45) is 7.05 Å². The van der Waals surface area contributed by atoms with E-state index in [0.29, 0.717) is 31.9 Å². The lowest BCUT2D eigenvalue weighted by molar-refractivity contribution is -0.138. The topological polar surface area (TPSA) is 79.6 Å². The lowest BCUT2D eigenvalue weighted by atomic mass is 9.91. The summed E-state index contributed by atoms with van der Waals surface area (Å²) in [5.41, 5.74) is 1.64. The molecule has 2 heterocycles. The van der Waals surface area contributed by atoms with Gasteiger partial charge in [0.25, 0.3) is 0 Å². The molecule has 1 atom stereocenters. The highest BCUT2D eigenvalue weighted by molar-refractivity contribution is 5.91. The molecule has 0 radical (unpaired) electrons. The molecule has 26 heavy (non-hydrogen) atoms. The van der Waals surface area contributed by atoms with E-state index in [-0.39, 0.29) is 19.1 Å². The van der Waals surface area contributed by atoms with Gasteiger partial charge in [-0.3, -0.25) is 14.4 Å². The van der Waals surface area contributed by atoms with Crippen LogP contribution in [-0.4, -0.2) is 64.1 Å². The van der Waals surface area contributed by atoms with Crippen LogP contribution in [0.4, 0.5) is 5.82 Å². The zero-order chi connectivity index (χ0) is 18.6. The Morgan fingerprint density at radius 1 is 1.38 bits per heavy atom. The van der Waals surface area contributed by atoms with Crippen LogP contribution in [0.1, 0.15) is 11.1 Å². The Balaban J connectivity index is 1.63. The molecule has 1 amide bonds. The minimum atomic E-state index is -0.685. The molecule has 2 N–H and O–H groups in total. The van der Waals surface area contributed by atoms with Crippen molar-refractivity contribution in [2.45, 2.75) is 18.9 Å². The Hall–Kier alpha value is -2.22. The molecule has 7 nitrogen and oxygen atoms in total. The van der Waals surface area contributed by atoms with Gasteiger partial charge < -0.3 is 15.2 Å². The molecule has 2 aromatic rings. The predicted molar refractivity (Wildman–Crippen MR) is 98.9 cm³/mol. The zero-order valence-electron chi connectivity index (χ0n) is 15.3. The average molecular weight is 358 g/mol. The molecule has 1 aromatic heterocycles. The summed E-state index contributed by atoms with van der Waals surface area (Å²) in [4.78, 5) is 14.3. The number of nitrogens with zero attached hydrogens (tertiary/aromatic N) is 3. The van der Waals surface area contributed by atoms with Crippen molar-refractivity contribution in [2.75, 3.05) is 38.2 Å². The zero-order valence-corrected chi connectivity index (χ0v) is 15.3. The fourth-order valence-electron chi connectivity index (χ4n) is 3.34. The summed E-state index contributed by atoms with van der Waals surface area (Å²) in [6.45, 7) is 3.87. The number of amides is 1. The van der Waals surface area contributed by atoms with Gasteiger partial charge in [-0.25, -0.2) is 0 Å². The number of aliphatic hydroxyl groups excluding tert-OH is 1. The van der Waals surface area contributed by atoms with E-state index >= 15 is 0 Å². The number of morpholine rings is 1. The number of benzene rings is 1. The van der Waals surface area contributed by atoms with Gasteiger partial charge in [-0.05, 0) is 18.1 Å². The molecule has 0 spiro atoms. The van der Waals surface area contributed by atoms with Crippen LogP contribution in [0, 0.1) is 6.92 Å². The van der Waals surface area contributed by atoms with Crippen LogP contribution < -0.4 is 5.32 Å². The summed E-state index contributed by atoms with van der Waals surface area (Å²) in [6.07, 6.45) is 2.40. The molecule has 1 aromatic carbocycles. The highest BCUT2D eigenvalue weighted by atomic mass is 16.5. The van der Waals surface area contributed by atoms with Crippen LogP contribution in [0.3, 0.4) is 0 Å². The Bertz CT molecular complexity index is 761. The summed E-state index contributed by atoms with van der Waals surface area (Å²) in [7, 11) is 1.80. The molecule has 3 rings (SSSR count). The van der Waals surface area contributed by atoms with Gasteiger partial charge in [0.15, 0.2) is 5.82 Å². The molecule has 0 aliphatic carbocycles. The van der Waals surface area contributed by atoms with Crippen molar-refractivity contribution in [1.29, 1.82) is 0 Å². The highest BCUT2D eigenvalue weighted by Gasteiger charge is 2.37. The van der Waals surface area contributed by atoms with Gasteiger partial charge in [0, 0.05) is 38.8 Å². The van der Waals surface area contributed by atoms with Crippen molar-refractivity contribution in [3.63, 3.8) is 0 Å². The van der Waals surface area contributed by atoms with Crippen molar-refractivity contribution in [3.05, 3.63) is 47.7 Å². The van der Waals surface area contributed by atoms with Crippen LogP contribution in [-0.2, 0) is 23.0 Å². The number of ether oxygens (including phenoxy) is 1. The first-order valence-corrected chi connectivity index (χ1v) is 8.81. The average Bonchev–Trinajstić information content (AvgIpc) is 3.02. The second-order valence-corrected chi connectivity index (χ2v) is 6.93. The summed E-state index contributed by atoms with van der Waals surface area (Å²) < 4.78 is 7.61. The lowest BCUT2D eigenvalue weighted by Crippen LogP contribution is -2.56. The lowest BCUT2D eigenvalue weighted by Gasteiger charge is -2.41. The minimum Gasteiger partial charge on any atom is -0.393 e. The van der Waals surface area contributed by atoms with E-state index in [4.69, 9.17) is 4.74 Å². The Labute approximate surface area is 153 Å². The molecule has 0 bridgehead atoms. The maximum absolute atomic E-state index is 12.3. The van der Waals surface area contributed by atoms with Gasteiger partial charge in [-0.15, -0.1) is 0 Å². The second-order valence-electron chi connectivity index (χ2n) is 6.93. The van der Waals surface area contributed by atoms with Crippen molar-refractivity contribution in [3.8, 4) is 0 Å². The van der Waals surface area contributed by atoms with Crippen molar-refractivity contribution >= 4 is 11.7 Å². The maximum atomic E-state index is 12.3. The molecule has 0 unspecified atom stereocenters. The number of carbonyl (C=O) groups excluding carboxylic acids is 1. The first-order valence-electron chi connectivity index (χ1n) is 8.81. The van der Waals surface area contributed by atoms with Crippen LogP contribution >= 0.6 is 0 Å². The van der Waals surface area contributed by atoms with E-state index in [1.807, 2.05) is 17.0 Å². The molecular formula is C19H26N4O3. The number of aromatic nitrogens is 2. The fourth-order valence-corrected chi connectivity index (χ4v) is 3.34. The predicted octanol–water partition coefficient (Wildman–Crippen LogP) is 0.973. The van der Waals surface area contributed by atoms with E-state index in [0.717, 1.165) is 5.56 Å². The molecule has 7 heteroatoms. The van der Waals surface area contributed by atoms with Crippen LogP contribution in [0.15, 0.2) is 36.5 Å². The van der Waals surface area contributed by atoms with Crippen molar-refractivity contribution in [1.82, 2.24) is 14.7 Å². The number of hydrogen-bond acceptors (Lipinski definition) is 5. The standard InChI is InChI=1S/C19H26N4O3/c1-15-5-3-4-6-16(15)11-19(14-24)13-23(9-10-26-19)12-18(25)20-17-7-8-22(2)21-17/h3-8,24H,9-14H2,1-2H3,(H,20,21,25)/t19-/m0/s1. The Morgan fingerprint density at radius 3 is 2.88 bits per heavy atom. The molecule has 1 aliphatic heterocycles. The summed E-state index contributed by atoms with van der Waals surface area (Å²) in [5.74, 6) is 0.424. The molecule has 140 valence electrons. The van der Waals surface area contributed by atoms with Crippen LogP contribution in [0.5, 0.6) is 0 Å². The minimum absolute atomic E-state index is 0.0836. The number of nitrogens with one attached hydrogen (secondary N) is 1. The number of anilines is 1. The number of hydrogen-bond donors (Lipinski definition) is 2. The number of carbonyl (C=O) groups is 1. The largest absolute Gasteiger partial charge is 0.393 e. The molecule has 1 saturated heterocycles. The third-order valence-corrected chi connectivity index (χ3v) is 4.74. The van der Waals surface area contributed by atoms with Crippen LogP contribution in [0.25, 0.3) is 0 Å².